The van der Waals surface area contributed by atoms with Gasteiger partial charge in [-0.3, -0.25) is 4.90 Å². The Morgan fingerprint density at radius 3 is 2.86 bits per heavy atom. The molecule has 0 aliphatic carbocycles. The summed E-state index contributed by atoms with van der Waals surface area (Å²) in [4.78, 5) is 14.0. The number of anilines is 1. The maximum absolute atomic E-state index is 13.5. The van der Waals surface area contributed by atoms with Crippen LogP contribution in [0.2, 0.25) is 5.02 Å². The third kappa shape index (κ3) is 5.15. The molecule has 0 saturated carbocycles. The van der Waals surface area contributed by atoms with E-state index >= 15 is 0 Å². The molecule has 1 fully saturated rings. The molecule has 7 heteroatoms. The first-order valence-corrected chi connectivity index (χ1v) is 7.33. The highest BCUT2D eigenvalue weighted by Gasteiger charge is 2.11. The van der Waals surface area contributed by atoms with E-state index in [1.54, 1.807) is 0 Å². The van der Waals surface area contributed by atoms with Crippen LogP contribution in [0.1, 0.15) is 6.42 Å². The quantitative estimate of drug-likeness (QED) is 0.820. The van der Waals surface area contributed by atoms with Gasteiger partial charge in [-0.05, 0) is 25.1 Å². The highest BCUT2D eigenvalue weighted by molar-refractivity contribution is 6.33. The predicted molar refractivity (Wildman–Crippen MR) is 80.3 cm³/mol. The number of nitrogens with one attached hydrogen (secondary N) is 2. The summed E-state index contributed by atoms with van der Waals surface area (Å²) >= 11 is 5.84. The Morgan fingerprint density at radius 2 is 2.14 bits per heavy atom. The van der Waals surface area contributed by atoms with E-state index in [9.17, 15) is 9.18 Å². The maximum Gasteiger partial charge on any atom is 0.319 e. The van der Waals surface area contributed by atoms with E-state index < -0.39 is 11.8 Å². The Kier molecular flexibility index (Phi) is 6.22. The Hall–Kier alpha value is -1.37. The number of carbonyl (C=O) groups excluding carboxylic acids is 1. The molecule has 0 radical (unpaired) electrons. The smallest absolute Gasteiger partial charge is 0.319 e. The van der Waals surface area contributed by atoms with E-state index in [-0.39, 0.29) is 10.7 Å². The third-order valence-corrected chi connectivity index (χ3v) is 3.56. The molecule has 0 bridgehead atoms. The van der Waals surface area contributed by atoms with Crippen LogP contribution >= 0.6 is 11.6 Å². The first kappa shape index (κ1) is 16.0. The fraction of sp³-hybridized carbons (Fsp3) is 0.500. The molecular weight excluding hydrogens is 297 g/mol. The Labute approximate surface area is 128 Å². The van der Waals surface area contributed by atoms with Crippen molar-refractivity contribution < 1.29 is 13.9 Å². The van der Waals surface area contributed by atoms with Crippen LogP contribution in [-0.2, 0) is 4.74 Å². The minimum atomic E-state index is -0.550. The largest absolute Gasteiger partial charge is 0.379 e. The highest BCUT2D eigenvalue weighted by Crippen LogP contribution is 2.24. The summed E-state index contributed by atoms with van der Waals surface area (Å²) in [7, 11) is 0. The number of carbonyl (C=O) groups is 1. The minimum Gasteiger partial charge on any atom is -0.379 e. The van der Waals surface area contributed by atoms with E-state index in [1.807, 2.05) is 0 Å². The molecule has 1 saturated heterocycles. The molecule has 1 aromatic rings. The van der Waals surface area contributed by atoms with Crippen molar-refractivity contribution in [1.29, 1.82) is 0 Å². The van der Waals surface area contributed by atoms with Crippen LogP contribution in [0, 0.1) is 5.82 Å². The summed E-state index contributed by atoms with van der Waals surface area (Å²) in [6.07, 6.45) is 0.832. The number of halogens is 2. The standard InChI is InChI=1S/C14H19ClFN3O2/c15-11-3-1-4-12(16)13(11)18-14(20)17-5-2-6-19-7-9-21-10-8-19/h1,3-4H,2,5-10H2,(H2,17,18,20). The average molecular weight is 316 g/mol. The number of ether oxygens (including phenoxy) is 1. The van der Waals surface area contributed by atoms with E-state index in [4.69, 9.17) is 16.3 Å². The molecule has 0 unspecified atom stereocenters. The summed E-state index contributed by atoms with van der Waals surface area (Å²) in [5, 5.41) is 5.30. The van der Waals surface area contributed by atoms with Crippen LogP contribution in [0.4, 0.5) is 14.9 Å². The van der Waals surface area contributed by atoms with Crippen LogP contribution in [0.25, 0.3) is 0 Å². The van der Waals surface area contributed by atoms with Gasteiger partial charge in [-0.1, -0.05) is 17.7 Å². The normalized spacial score (nSPS) is 15.7. The predicted octanol–water partition coefficient (Wildman–Crippen LogP) is 2.32. The van der Waals surface area contributed by atoms with Gasteiger partial charge in [-0.2, -0.15) is 0 Å². The fourth-order valence-electron chi connectivity index (χ4n) is 2.10. The second kappa shape index (κ2) is 8.17. The number of benzene rings is 1. The van der Waals surface area contributed by atoms with Gasteiger partial charge in [0, 0.05) is 19.6 Å². The van der Waals surface area contributed by atoms with Gasteiger partial charge in [-0.15, -0.1) is 0 Å². The molecule has 5 nitrogen and oxygen atoms in total. The van der Waals surface area contributed by atoms with Crippen LogP contribution in [0.5, 0.6) is 0 Å². The Morgan fingerprint density at radius 1 is 1.38 bits per heavy atom. The van der Waals surface area contributed by atoms with E-state index in [2.05, 4.69) is 15.5 Å². The minimum absolute atomic E-state index is 0.00449. The van der Waals surface area contributed by atoms with E-state index in [0.717, 1.165) is 39.3 Å². The van der Waals surface area contributed by atoms with Crippen LogP contribution in [-0.4, -0.2) is 50.3 Å². The number of hydrogen-bond donors (Lipinski definition) is 2. The van der Waals surface area contributed by atoms with Crippen molar-refractivity contribution in [3.05, 3.63) is 29.0 Å². The third-order valence-electron chi connectivity index (χ3n) is 3.24. The number of morpholine rings is 1. The van der Waals surface area contributed by atoms with Crippen molar-refractivity contribution in [3.63, 3.8) is 0 Å². The van der Waals surface area contributed by atoms with E-state index in [1.165, 1.54) is 18.2 Å². The van der Waals surface area contributed by atoms with Crippen molar-refractivity contribution in [3.8, 4) is 0 Å². The van der Waals surface area contributed by atoms with Gasteiger partial charge in [0.1, 0.15) is 5.82 Å². The number of para-hydroxylation sites is 1. The van der Waals surface area contributed by atoms with Crippen LogP contribution in [0.3, 0.4) is 0 Å². The molecule has 0 spiro atoms. The lowest BCUT2D eigenvalue weighted by atomic mass is 10.3. The summed E-state index contributed by atoms with van der Waals surface area (Å²) < 4.78 is 18.8. The lowest BCUT2D eigenvalue weighted by Gasteiger charge is -2.26. The second-order valence-corrected chi connectivity index (χ2v) is 5.19. The number of amides is 2. The molecular formula is C14H19ClFN3O2. The zero-order valence-corrected chi connectivity index (χ0v) is 12.5. The number of urea groups is 1. The van der Waals surface area contributed by atoms with Gasteiger partial charge < -0.3 is 15.4 Å². The molecule has 21 heavy (non-hydrogen) atoms. The highest BCUT2D eigenvalue weighted by atomic mass is 35.5. The monoisotopic (exact) mass is 315 g/mol. The van der Waals surface area contributed by atoms with Gasteiger partial charge >= 0.3 is 6.03 Å². The molecule has 1 aliphatic heterocycles. The number of nitrogens with zero attached hydrogens (tertiary/aromatic N) is 1. The average Bonchev–Trinajstić information content (AvgIpc) is 2.49. The fourth-order valence-corrected chi connectivity index (χ4v) is 2.31. The summed E-state index contributed by atoms with van der Waals surface area (Å²) in [5.41, 5.74) is 0.00449. The molecule has 0 atom stereocenters. The first-order chi connectivity index (χ1) is 10.2. The molecule has 1 aliphatic rings. The molecule has 0 aromatic heterocycles. The van der Waals surface area contributed by atoms with Gasteiger partial charge in [0.15, 0.2) is 0 Å². The SMILES string of the molecule is O=C(NCCCN1CCOCC1)Nc1c(F)cccc1Cl. The van der Waals surface area contributed by atoms with E-state index in [0.29, 0.717) is 6.54 Å². The number of hydrogen-bond acceptors (Lipinski definition) is 3. The van der Waals surface area contributed by atoms with Crippen LogP contribution in [0.15, 0.2) is 18.2 Å². The molecule has 2 N–H and O–H groups in total. The molecule has 2 rings (SSSR count). The molecule has 1 heterocycles. The zero-order chi connectivity index (χ0) is 15.1. The van der Waals surface area contributed by atoms with Crippen LogP contribution < -0.4 is 10.6 Å². The first-order valence-electron chi connectivity index (χ1n) is 6.96. The Balaban J connectivity index is 1.67. The Bertz CT molecular complexity index is 461. The lowest BCUT2D eigenvalue weighted by molar-refractivity contribution is 0.0375. The maximum atomic E-state index is 13.5. The van der Waals surface area contributed by atoms with Gasteiger partial charge in [0.2, 0.25) is 0 Å². The topological polar surface area (TPSA) is 53.6 Å². The van der Waals surface area contributed by atoms with Gasteiger partial charge in [0.05, 0.1) is 23.9 Å². The van der Waals surface area contributed by atoms with Crippen molar-refractivity contribution in [2.75, 3.05) is 44.7 Å². The molecule has 116 valence electrons. The summed E-state index contributed by atoms with van der Waals surface area (Å²) in [6, 6.07) is 3.81. The van der Waals surface area contributed by atoms with Crippen molar-refractivity contribution >= 4 is 23.3 Å². The lowest BCUT2D eigenvalue weighted by Crippen LogP contribution is -2.38. The van der Waals surface area contributed by atoms with Crippen molar-refractivity contribution in [1.82, 2.24) is 10.2 Å². The number of rotatable bonds is 5. The summed E-state index contributed by atoms with van der Waals surface area (Å²) in [6.45, 7) is 4.81. The summed E-state index contributed by atoms with van der Waals surface area (Å²) in [5.74, 6) is -0.550. The van der Waals surface area contributed by atoms with Crippen molar-refractivity contribution in [2.24, 2.45) is 0 Å². The van der Waals surface area contributed by atoms with Gasteiger partial charge in [0.25, 0.3) is 0 Å². The second-order valence-electron chi connectivity index (χ2n) is 4.79. The van der Waals surface area contributed by atoms with Gasteiger partial charge in [-0.25, -0.2) is 9.18 Å². The molecule has 1 aromatic carbocycles. The van der Waals surface area contributed by atoms with Crippen molar-refractivity contribution in [2.45, 2.75) is 6.42 Å². The molecule has 2 amide bonds. The zero-order valence-electron chi connectivity index (χ0n) is 11.7.